The average molecular weight is 350 g/mol. The topological polar surface area (TPSA) is 55.9 Å². The number of anilines is 1. The zero-order valence-electron chi connectivity index (χ0n) is 15.0. The summed E-state index contributed by atoms with van der Waals surface area (Å²) in [6.45, 7) is 9.12. The fourth-order valence-corrected chi connectivity index (χ4v) is 2.86. The fraction of sp³-hybridized carbons (Fsp3) is 0.556. The molecule has 1 aromatic carbocycles. The minimum Gasteiger partial charge on any atom is -0.339 e. The van der Waals surface area contributed by atoms with Crippen LogP contribution in [0.5, 0.6) is 0 Å². The van der Waals surface area contributed by atoms with Gasteiger partial charge in [0.15, 0.2) is 0 Å². The van der Waals surface area contributed by atoms with Crippen molar-refractivity contribution in [3.63, 3.8) is 0 Å². The molecular weight excluding hydrogens is 323 g/mol. The molecule has 0 aromatic heterocycles. The van der Waals surface area contributed by atoms with Crippen molar-refractivity contribution in [2.75, 3.05) is 57.7 Å². The molecule has 25 heavy (non-hydrogen) atoms. The molecule has 6 nitrogen and oxygen atoms in total. The summed E-state index contributed by atoms with van der Waals surface area (Å²) in [5.74, 6) is -0.404. The molecule has 1 aromatic rings. The van der Waals surface area contributed by atoms with Crippen LogP contribution in [-0.4, -0.2) is 78.9 Å². The van der Waals surface area contributed by atoms with E-state index in [2.05, 4.69) is 10.2 Å². The predicted octanol–water partition coefficient (Wildman–Crippen LogP) is 1.25. The molecule has 0 atom stereocenters. The molecular formula is C18H27FN4O2. The number of amides is 2. The van der Waals surface area contributed by atoms with Crippen molar-refractivity contribution in [1.82, 2.24) is 14.7 Å². The van der Waals surface area contributed by atoms with Crippen LogP contribution in [0, 0.1) is 5.82 Å². The molecule has 0 radical (unpaired) electrons. The second kappa shape index (κ2) is 9.48. The van der Waals surface area contributed by atoms with E-state index < -0.39 is 0 Å². The van der Waals surface area contributed by atoms with Crippen molar-refractivity contribution in [2.24, 2.45) is 0 Å². The summed E-state index contributed by atoms with van der Waals surface area (Å²) in [5, 5.41) is 2.70. The lowest BCUT2D eigenvalue weighted by atomic mass is 10.2. The third kappa shape index (κ3) is 6.10. The molecule has 0 bridgehead atoms. The summed E-state index contributed by atoms with van der Waals surface area (Å²) in [6.07, 6.45) is 0. The number of likely N-dealkylation sites (N-methyl/N-ethyl adjacent to an activating group) is 1. The van der Waals surface area contributed by atoms with Crippen LogP contribution in [0.25, 0.3) is 0 Å². The second-order valence-corrected chi connectivity index (χ2v) is 6.18. The van der Waals surface area contributed by atoms with Crippen molar-refractivity contribution >= 4 is 17.5 Å². The summed E-state index contributed by atoms with van der Waals surface area (Å²) in [6, 6.07) is 5.85. The van der Waals surface area contributed by atoms with Gasteiger partial charge in [-0.25, -0.2) is 4.39 Å². The van der Waals surface area contributed by atoms with E-state index in [1.165, 1.54) is 12.1 Å². The van der Waals surface area contributed by atoms with E-state index in [1.54, 1.807) is 12.1 Å². The normalized spacial score (nSPS) is 15.4. The van der Waals surface area contributed by atoms with E-state index in [1.807, 2.05) is 23.6 Å². The molecule has 1 aliphatic heterocycles. The molecule has 138 valence electrons. The third-order valence-corrected chi connectivity index (χ3v) is 4.45. The lowest BCUT2D eigenvalue weighted by Crippen LogP contribution is -2.52. The highest BCUT2D eigenvalue weighted by Crippen LogP contribution is 2.09. The van der Waals surface area contributed by atoms with E-state index in [0.717, 1.165) is 13.1 Å². The van der Waals surface area contributed by atoms with Crippen molar-refractivity contribution in [3.8, 4) is 0 Å². The van der Waals surface area contributed by atoms with E-state index in [-0.39, 0.29) is 24.2 Å². The minimum atomic E-state index is -0.377. The maximum absolute atomic E-state index is 13.1. The van der Waals surface area contributed by atoms with Gasteiger partial charge in [-0.3, -0.25) is 19.4 Å². The maximum atomic E-state index is 13.1. The van der Waals surface area contributed by atoms with Crippen molar-refractivity contribution in [1.29, 1.82) is 0 Å². The van der Waals surface area contributed by atoms with Gasteiger partial charge in [0.2, 0.25) is 11.8 Å². The minimum absolute atomic E-state index is 0.146. The first-order valence-corrected chi connectivity index (χ1v) is 8.79. The molecule has 0 spiro atoms. The Bertz CT molecular complexity index is 584. The second-order valence-electron chi connectivity index (χ2n) is 6.18. The molecule has 7 heteroatoms. The molecule has 2 amide bonds. The Labute approximate surface area is 148 Å². The Morgan fingerprint density at radius 1 is 1.16 bits per heavy atom. The Morgan fingerprint density at radius 3 is 2.44 bits per heavy atom. The van der Waals surface area contributed by atoms with Gasteiger partial charge in [-0.15, -0.1) is 0 Å². The summed E-state index contributed by atoms with van der Waals surface area (Å²) in [4.78, 5) is 30.3. The number of benzene rings is 1. The van der Waals surface area contributed by atoms with Gasteiger partial charge in [0.25, 0.3) is 0 Å². The highest BCUT2D eigenvalue weighted by molar-refractivity contribution is 5.92. The Hall–Kier alpha value is -1.99. The van der Waals surface area contributed by atoms with Crippen LogP contribution >= 0.6 is 0 Å². The van der Waals surface area contributed by atoms with Crippen LogP contribution in [0.4, 0.5) is 10.1 Å². The largest absolute Gasteiger partial charge is 0.339 e. The van der Waals surface area contributed by atoms with Crippen LogP contribution < -0.4 is 5.32 Å². The van der Waals surface area contributed by atoms with Crippen LogP contribution in [0.3, 0.4) is 0 Å². The molecule has 0 aliphatic carbocycles. The summed E-state index contributed by atoms with van der Waals surface area (Å²) in [5.41, 5.74) is 0.457. The Kier molecular flexibility index (Phi) is 7.33. The number of nitrogens with one attached hydrogen (secondary N) is 1. The van der Waals surface area contributed by atoms with Gasteiger partial charge in [0, 0.05) is 31.9 Å². The smallest absolute Gasteiger partial charge is 0.238 e. The monoisotopic (exact) mass is 350 g/mol. The summed E-state index contributed by atoms with van der Waals surface area (Å²) in [7, 11) is 0. The van der Waals surface area contributed by atoms with Crippen molar-refractivity contribution in [3.05, 3.63) is 30.1 Å². The number of hydrogen-bond acceptors (Lipinski definition) is 4. The van der Waals surface area contributed by atoms with Crippen LogP contribution in [0.15, 0.2) is 24.3 Å². The third-order valence-electron chi connectivity index (χ3n) is 4.45. The number of hydrogen-bond donors (Lipinski definition) is 1. The van der Waals surface area contributed by atoms with Crippen molar-refractivity contribution in [2.45, 2.75) is 13.8 Å². The van der Waals surface area contributed by atoms with Gasteiger partial charge in [-0.1, -0.05) is 19.9 Å². The molecule has 1 heterocycles. The predicted molar refractivity (Wildman–Crippen MR) is 95.8 cm³/mol. The maximum Gasteiger partial charge on any atom is 0.238 e. The SMILES string of the molecule is CCN(CC)CC(=O)N1CCN(CC(=O)Nc2cccc(F)c2)CC1. The molecule has 0 saturated carbocycles. The van der Waals surface area contributed by atoms with E-state index >= 15 is 0 Å². The van der Waals surface area contributed by atoms with E-state index in [9.17, 15) is 14.0 Å². The van der Waals surface area contributed by atoms with Crippen molar-refractivity contribution < 1.29 is 14.0 Å². The van der Waals surface area contributed by atoms with Gasteiger partial charge < -0.3 is 10.2 Å². The number of carbonyl (C=O) groups excluding carboxylic acids is 2. The highest BCUT2D eigenvalue weighted by Gasteiger charge is 2.23. The molecule has 1 fully saturated rings. The summed E-state index contributed by atoms with van der Waals surface area (Å²) < 4.78 is 13.1. The first-order valence-electron chi connectivity index (χ1n) is 8.79. The van der Waals surface area contributed by atoms with Crippen LogP contribution in [0.2, 0.25) is 0 Å². The fourth-order valence-electron chi connectivity index (χ4n) is 2.86. The van der Waals surface area contributed by atoms with Gasteiger partial charge in [-0.2, -0.15) is 0 Å². The number of piperazine rings is 1. The highest BCUT2D eigenvalue weighted by atomic mass is 19.1. The average Bonchev–Trinajstić information content (AvgIpc) is 2.60. The standard InChI is InChI=1S/C18H27FN4O2/c1-3-21(4-2)14-18(25)23-10-8-22(9-11-23)13-17(24)20-16-7-5-6-15(19)12-16/h5-7,12H,3-4,8-11,13-14H2,1-2H3,(H,20,24). The molecule has 1 N–H and O–H groups in total. The van der Waals surface area contributed by atoms with Gasteiger partial charge >= 0.3 is 0 Å². The lowest BCUT2D eigenvalue weighted by molar-refractivity contribution is -0.134. The van der Waals surface area contributed by atoms with Crippen LogP contribution in [0.1, 0.15) is 13.8 Å². The van der Waals surface area contributed by atoms with Gasteiger partial charge in [0.1, 0.15) is 5.82 Å². The molecule has 1 saturated heterocycles. The number of rotatable bonds is 7. The Morgan fingerprint density at radius 2 is 1.84 bits per heavy atom. The number of halogens is 1. The molecule has 1 aliphatic rings. The first-order chi connectivity index (χ1) is 12.0. The summed E-state index contributed by atoms with van der Waals surface area (Å²) >= 11 is 0. The van der Waals surface area contributed by atoms with Gasteiger partial charge in [0.05, 0.1) is 13.1 Å². The first kappa shape index (κ1) is 19.3. The van der Waals surface area contributed by atoms with E-state index in [0.29, 0.717) is 38.4 Å². The number of carbonyl (C=O) groups is 2. The molecule has 2 rings (SSSR count). The lowest BCUT2D eigenvalue weighted by Gasteiger charge is -2.35. The zero-order valence-corrected chi connectivity index (χ0v) is 15.0. The van der Waals surface area contributed by atoms with Gasteiger partial charge in [-0.05, 0) is 31.3 Å². The molecule has 0 unspecified atom stereocenters. The quantitative estimate of drug-likeness (QED) is 0.804. The van der Waals surface area contributed by atoms with E-state index in [4.69, 9.17) is 0 Å². The van der Waals surface area contributed by atoms with Crippen LogP contribution in [-0.2, 0) is 9.59 Å². The Balaban J connectivity index is 1.74. The number of nitrogens with zero attached hydrogens (tertiary/aromatic N) is 3. The zero-order chi connectivity index (χ0) is 18.2.